The number of hydrogen-bond acceptors (Lipinski definition) is 3. The Labute approximate surface area is 126 Å². The van der Waals surface area contributed by atoms with Crippen LogP contribution in [-0.2, 0) is 0 Å². The summed E-state index contributed by atoms with van der Waals surface area (Å²) in [7, 11) is 0. The molecule has 1 atom stereocenters. The van der Waals surface area contributed by atoms with Crippen molar-refractivity contribution in [3.63, 3.8) is 0 Å². The Kier molecular flexibility index (Phi) is 4.30. The fourth-order valence-corrected chi connectivity index (χ4v) is 2.54. The van der Waals surface area contributed by atoms with Gasteiger partial charge >= 0.3 is 0 Å². The number of nitrogens with one attached hydrogen (secondary N) is 1. The smallest absolute Gasteiger partial charge is 0.120 e. The van der Waals surface area contributed by atoms with E-state index in [9.17, 15) is 0 Å². The Bertz CT molecular complexity index is 586. The Morgan fingerprint density at radius 2 is 2.19 bits per heavy atom. The Morgan fingerprint density at radius 1 is 1.33 bits per heavy atom. The summed E-state index contributed by atoms with van der Waals surface area (Å²) in [5.74, 6) is 1.94. The lowest BCUT2D eigenvalue weighted by atomic mass is 9.99. The first-order valence-corrected chi connectivity index (χ1v) is 7.82. The quantitative estimate of drug-likeness (QED) is 0.827. The van der Waals surface area contributed by atoms with E-state index in [-0.39, 0.29) is 6.04 Å². The summed E-state index contributed by atoms with van der Waals surface area (Å²) in [5.41, 5.74) is 2.43. The number of benzene rings is 1. The lowest BCUT2D eigenvalue weighted by Crippen LogP contribution is -2.23. The first-order chi connectivity index (χ1) is 10.3. The standard InChI is InChI=1S/C18H23NO2/c1-3-10-19-18(17-9-11-20-13(17)2)14-5-4-6-16(12-14)21-15-7-8-15/h4-6,9,11-12,15,18-19H,3,7-8,10H2,1-2H3. The van der Waals surface area contributed by atoms with Crippen molar-refractivity contribution in [3.05, 3.63) is 53.5 Å². The molecule has 1 saturated carbocycles. The first-order valence-electron chi connectivity index (χ1n) is 7.82. The van der Waals surface area contributed by atoms with Crippen molar-refractivity contribution < 1.29 is 9.15 Å². The maximum absolute atomic E-state index is 5.92. The minimum Gasteiger partial charge on any atom is -0.490 e. The molecule has 1 unspecified atom stereocenters. The molecule has 1 aromatic heterocycles. The largest absolute Gasteiger partial charge is 0.490 e. The number of rotatable bonds is 7. The lowest BCUT2D eigenvalue weighted by Gasteiger charge is -2.19. The van der Waals surface area contributed by atoms with Crippen molar-refractivity contribution in [2.75, 3.05) is 6.54 Å². The molecule has 1 fully saturated rings. The molecule has 3 nitrogen and oxygen atoms in total. The van der Waals surface area contributed by atoms with Crippen LogP contribution in [0.4, 0.5) is 0 Å². The molecule has 0 amide bonds. The summed E-state index contributed by atoms with van der Waals surface area (Å²) in [6.07, 6.45) is 5.66. The van der Waals surface area contributed by atoms with Crippen LogP contribution in [0.3, 0.4) is 0 Å². The van der Waals surface area contributed by atoms with E-state index in [2.05, 4.69) is 36.5 Å². The van der Waals surface area contributed by atoms with Gasteiger partial charge in [-0.1, -0.05) is 19.1 Å². The van der Waals surface area contributed by atoms with Crippen LogP contribution in [-0.4, -0.2) is 12.6 Å². The van der Waals surface area contributed by atoms with Gasteiger partial charge in [-0.2, -0.15) is 0 Å². The van der Waals surface area contributed by atoms with Gasteiger partial charge in [0, 0.05) is 5.56 Å². The van der Waals surface area contributed by atoms with Gasteiger partial charge in [-0.3, -0.25) is 0 Å². The van der Waals surface area contributed by atoms with E-state index in [1.54, 1.807) is 6.26 Å². The van der Waals surface area contributed by atoms with Gasteiger partial charge in [0.1, 0.15) is 11.5 Å². The van der Waals surface area contributed by atoms with Crippen LogP contribution in [0.2, 0.25) is 0 Å². The molecule has 0 saturated heterocycles. The predicted molar refractivity (Wildman–Crippen MR) is 83.7 cm³/mol. The molecular formula is C18H23NO2. The molecular weight excluding hydrogens is 262 g/mol. The zero-order valence-electron chi connectivity index (χ0n) is 12.8. The summed E-state index contributed by atoms with van der Waals surface area (Å²) in [6, 6.07) is 10.6. The summed E-state index contributed by atoms with van der Waals surface area (Å²) in [5, 5.41) is 3.61. The van der Waals surface area contributed by atoms with Crippen molar-refractivity contribution in [1.82, 2.24) is 5.32 Å². The topological polar surface area (TPSA) is 34.4 Å². The normalized spacial score (nSPS) is 15.9. The Hall–Kier alpha value is -1.74. The van der Waals surface area contributed by atoms with E-state index < -0.39 is 0 Å². The van der Waals surface area contributed by atoms with E-state index in [1.807, 2.05) is 13.0 Å². The van der Waals surface area contributed by atoms with Crippen molar-refractivity contribution in [3.8, 4) is 5.75 Å². The molecule has 1 N–H and O–H groups in total. The second kappa shape index (κ2) is 6.35. The molecule has 3 heteroatoms. The lowest BCUT2D eigenvalue weighted by molar-refractivity contribution is 0.302. The van der Waals surface area contributed by atoms with Crippen LogP contribution < -0.4 is 10.1 Å². The van der Waals surface area contributed by atoms with E-state index in [4.69, 9.17) is 9.15 Å². The van der Waals surface area contributed by atoms with Gasteiger partial charge in [-0.15, -0.1) is 0 Å². The second-order valence-electron chi connectivity index (χ2n) is 5.71. The Balaban J connectivity index is 1.86. The number of aryl methyl sites for hydroxylation is 1. The zero-order valence-corrected chi connectivity index (χ0v) is 12.8. The van der Waals surface area contributed by atoms with Crippen LogP contribution in [0.1, 0.15) is 49.1 Å². The third kappa shape index (κ3) is 3.48. The van der Waals surface area contributed by atoms with Crippen LogP contribution in [0.5, 0.6) is 5.75 Å². The molecule has 0 radical (unpaired) electrons. The van der Waals surface area contributed by atoms with Gasteiger partial charge in [-0.05, 0) is 56.5 Å². The van der Waals surface area contributed by atoms with Crippen molar-refractivity contribution in [1.29, 1.82) is 0 Å². The molecule has 112 valence electrons. The van der Waals surface area contributed by atoms with Gasteiger partial charge in [0.2, 0.25) is 0 Å². The van der Waals surface area contributed by atoms with Crippen molar-refractivity contribution in [2.45, 2.75) is 45.3 Å². The second-order valence-corrected chi connectivity index (χ2v) is 5.71. The summed E-state index contributed by atoms with van der Waals surface area (Å²) in [4.78, 5) is 0. The molecule has 1 aromatic carbocycles. The molecule has 1 aliphatic carbocycles. The highest BCUT2D eigenvalue weighted by Gasteiger charge is 2.24. The van der Waals surface area contributed by atoms with Gasteiger partial charge in [0.05, 0.1) is 18.4 Å². The van der Waals surface area contributed by atoms with Gasteiger partial charge in [0.15, 0.2) is 0 Å². The average molecular weight is 285 g/mol. The molecule has 0 aliphatic heterocycles. The molecule has 0 spiro atoms. The fourth-order valence-electron chi connectivity index (χ4n) is 2.54. The fraction of sp³-hybridized carbons (Fsp3) is 0.444. The summed E-state index contributed by atoms with van der Waals surface area (Å²) in [6.45, 7) is 5.17. The molecule has 2 aromatic rings. The third-order valence-electron chi connectivity index (χ3n) is 3.83. The predicted octanol–water partition coefficient (Wildman–Crippen LogP) is 4.22. The van der Waals surface area contributed by atoms with Crippen LogP contribution in [0.25, 0.3) is 0 Å². The maximum Gasteiger partial charge on any atom is 0.120 e. The molecule has 0 bridgehead atoms. The minimum absolute atomic E-state index is 0.159. The maximum atomic E-state index is 5.92. The van der Waals surface area contributed by atoms with Crippen LogP contribution in [0.15, 0.2) is 41.0 Å². The summed E-state index contributed by atoms with van der Waals surface area (Å²) >= 11 is 0. The molecule has 1 heterocycles. The molecule has 21 heavy (non-hydrogen) atoms. The Morgan fingerprint density at radius 3 is 2.86 bits per heavy atom. The zero-order chi connectivity index (χ0) is 14.7. The van der Waals surface area contributed by atoms with E-state index >= 15 is 0 Å². The molecule has 1 aliphatic rings. The highest BCUT2D eigenvalue weighted by atomic mass is 16.5. The number of furan rings is 1. The van der Waals surface area contributed by atoms with E-state index in [1.165, 1.54) is 24.0 Å². The van der Waals surface area contributed by atoms with Gasteiger partial charge in [-0.25, -0.2) is 0 Å². The molecule has 3 rings (SSSR count). The minimum atomic E-state index is 0.159. The van der Waals surface area contributed by atoms with Crippen molar-refractivity contribution in [2.24, 2.45) is 0 Å². The first kappa shape index (κ1) is 14.2. The number of hydrogen-bond donors (Lipinski definition) is 1. The van der Waals surface area contributed by atoms with E-state index in [0.717, 1.165) is 24.5 Å². The monoisotopic (exact) mass is 285 g/mol. The van der Waals surface area contributed by atoms with Gasteiger partial charge < -0.3 is 14.5 Å². The van der Waals surface area contributed by atoms with Crippen LogP contribution >= 0.6 is 0 Å². The highest BCUT2D eigenvalue weighted by molar-refractivity contribution is 5.37. The summed E-state index contributed by atoms with van der Waals surface area (Å²) < 4.78 is 11.4. The van der Waals surface area contributed by atoms with Crippen LogP contribution in [0, 0.1) is 6.92 Å². The van der Waals surface area contributed by atoms with E-state index in [0.29, 0.717) is 6.10 Å². The SMILES string of the molecule is CCCNC(c1cccc(OC2CC2)c1)c1ccoc1C. The highest BCUT2D eigenvalue weighted by Crippen LogP contribution is 2.31. The van der Waals surface area contributed by atoms with Gasteiger partial charge in [0.25, 0.3) is 0 Å². The third-order valence-corrected chi connectivity index (χ3v) is 3.83. The average Bonchev–Trinajstić information content (AvgIpc) is 3.20. The number of ether oxygens (including phenoxy) is 1. The van der Waals surface area contributed by atoms with Crippen molar-refractivity contribution >= 4 is 0 Å².